The summed E-state index contributed by atoms with van der Waals surface area (Å²) in [5, 5.41) is 0. The number of sulfone groups is 1. The molecule has 2 aromatic rings. The molecule has 0 atom stereocenters. The highest BCUT2D eigenvalue weighted by atomic mass is 32.2. The van der Waals surface area contributed by atoms with Crippen LogP contribution in [0.5, 0.6) is 0 Å². The lowest BCUT2D eigenvalue weighted by atomic mass is 10.3. The summed E-state index contributed by atoms with van der Waals surface area (Å²) in [4.78, 5) is 4.17. The van der Waals surface area contributed by atoms with Gasteiger partial charge in [0, 0.05) is 0 Å². The van der Waals surface area contributed by atoms with Crippen molar-refractivity contribution in [3.8, 4) is 0 Å². The number of unbranched alkanes of at least 4 members (excludes halogenated alkanes) is 1. The van der Waals surface area contributed by atoms with Crippen molar-refractivity contribution < 1.29 is 8.42 Å². The van der Waals surface area contributed by atoms with Crippen LogP contribution in [0.1, 0.15) is 12.8 Å². The van der Waals surface area contributed by atoms with Crippen LogP contribution >= 0.6 is 11.3 Å². The minimum atomic E-state index is -3.23. The SMILES string of the molecule is C=CCCCS(=O)(=O)c1nc2ccccc2s1. The number of aromatic nitrogens is 1. The fraction of sp³-hybridized carbons (Fsp3) is 0.250. The van der Waals surface area contributed by atoms with E-state index < -0.39 is 9.84 Å². The first-order valence-electron chi connectivity index (χ1n) is 5.33. The topological polar surface area (TPSA) is 47.0 Å². The average Bonchev–Trinajstić information content (AvgIpc) is 2.73. The molecule has 0 bridgehead atoms. The summed E-state index contributed by atoms with van der Waals surface area (Å²) in [6, 6.07) is 7.45. The highest BCUT2D eigenvalue weighted by Crippen LogP contribution is 2.26. The monoisotopic (exact) mass is 267 g/mol. The Morgan fingerprint density at radius 3 is 2.82 bits per heavy atom. The van der Waals surface area contributed by atoms with Crippen LogP contribution in [-0.2, 0) is 9.84 Å². The third kappa shape index (κ3) is 2.73. The van der Waals surface area contributed by atoms with Gasteiger partial charge in [0.25, 0.3) is 0 Å². The van der Waals surface area contributed by atoms with Crippen molar-refractivity contribution in [3.63, 3.8) is 0 Å². The van der Waals surface area contributed by atoms with E-state index in [9.17, 15) is 8.42 Å². The lowest BCUT2D eigenvalue weighted by Gasteiger charge is -1.97. The number of hydrogen-bond donors (Lipinski definition) is 0. The smallest absolute Gasteiger partial charge is 0.210 e. The lowest BCUT2D eigenvalue weighted by molar-refractivity contribution is 0.593. The van der Waals surface area contributed by atoms with Gasteiger partial charge in [0.2, 0.25) is 14.2 Å². The van der Waals surface area contributed by atoms with E-state index in [0.717, 1.165) is 10.2 Å². The Bertz CT molecular complexity index is 596. The average molecular weight is 267 g/mol. The number of thiazole rings is 1. The molecule has 1 heterocycles. The molecule has 0 radical (unpaired) electrons. The highest BCUT2D eigenvalue weighted by Gasteiger charge is 2.18. The molecule has 0 spiro atoms. The van der Waals surface area contributed by atoms with Gasteiger partial charge in [-0.25, -0.2) is 13.4 Å². The van der Waals surface area contributed by atoms with Crippen molar-refractivity contribution in [2.24, 2.45) is 0 Å². The molecule has 5 heteroatoms. The summed E-state index contributed by atoms with van der Waals surface area (Å²) in [5.74, 6) is 0.138. The van der Waals surface area contributed by atoms with Crippen LogP contribution in [0.25, 0.3) is 10.2 Å². The number of rotatable bonds is 5. The maximum atomic E-state index is 12.0. The van der Waals surface area contributed by atoms with Crippen molar-refractivity contribution in [1.82, 2.24) is 4.98 Å². The van der Waals surface area contributed by atoms with Crippen LogP contribution in [0.2, 0.25) is 0 Å². The molecule has 3 nitrogen and oxygen atoms in total. The van der Waals surface area contributed by atoms with Gasteiger partial charge >= 0.3 is 0 Å². The molecule has 0 unspecified atom stereocenters. The summed E-state index contributed by atoms with van der Waals surface area (Å²) < 4.78 is 25.1. The zero-order valence-corrected chi connectivity index (χ0v) is 10.9. The molecule has 0 aliphatic rings. The van der Waals surface area contributed by atoms with E-state index in [1.54, 1.807) is 6.08 Å². The van der Waals surface area contributed by atoms with Gasteiger partial charge in [-0.1, -0.05) is 18.2 Å². The van der Waals surface area contributed by atoms with E-state index in [-0.39, 0.29) is 10.1 Å². The van der Waals surface area contributed by atoms with Crippen LogP contribution in [-0.4, -0.2) is 19.2 Å². The Morgan fingerprint density at radius 1 is 1.35 bits per heavy atom. The Labute approximate surface area is 105 Å². The maximum absolute atomic E-state index is 12.0. The molecule has 1 aromatic heterocycles. The van der Waals surface area contributed by atoms with E-state index in [2.05, 4.69) is 11.6 Å². The normalized spacial score (nSPS) is 11.8. The van der Waals surface area contributed by atoms with Crippen molar-refractivity contribution in [2.75, 3.05) is 5.75 Å². The standard InChI is InChI=1S/C12H13NO2S2/c1-2-3-6-9-17(14,15)12-13-10-7-4-5-8-11(10)16-12/h2,4-5,7-8H,1,3,6,9H2. The molecule has 0 N–H and O–H groups in total. The third-order valence-corrected chi connectivity index (χ3v) is 5.65. The van der Waals surface area contributed by atoms with Crippen LogP contribution in [0.3, 0.4) is 0 Å². The van der Waals surface area contributed by atoms with E-state index in [1.165, 1.54) is 11.3 Å². The van der Waals surface area contributed by atoms with Crippen molar-refractivity contribution >= 4 is 31.4 Å². The number of allylic oxidation sites excluding steroid dienone is 1. The van der Waals surface area contributed by atoms with Crippen molar-refractivity contribution in [2.45, 2.75) is 17.2 Å². The zero-order valence-electron chi connectivity index (χ0n) is 9.30. The molecule has 1 aromatic carbocycles. The second kappa shape index (κ2) is 4.98. The van der Waals surface area contributed by atoms with Gasteiger partial charge in [-0.3, -0.25) is 0 Å². The highest BCUT2D eigenvalue weighted by molar-refractivity contribution is 7.93. The fourth-order valence-electron chi connectivity index (χ4n) is 1.49. The van der Waals surface area contributed by atoms with Gasteiger partial charge in [0.1, 0.15) is 0 Å². The minimum absolute atomic E-state index is 0.138. The maximum Gasteiger partial charge on any atom is 0.210 e. The Hall–Kier alpha value is -1.20. The number of fused-ring (bicyclic) bond motifs is 1. The molecule has 0 aliphatic carbocycles. The molecule has 17 heavy (non-hydrogen) atoms. The van der Waals surface area contributed by atoms with E-state index >= 15 is 0 Å². The predicted molar refractivity (Wildman–Crippen MR) is 71.1 cm³/mol. The summed E-state index contributed by atoms with van der Waals surface area (Å²) in [6.07, 6.45) is 3.04. The molecule has 2 rings (SSSR count). The van der Waals surface area contributed by atoms with E-state index in [1.807, 2.05) is 24.3 Å². The fourth-order valence-corrected chi connectivity index (χ4v) is 4.17. The quantitative estimate of drug-likeness (QED) is 0.618. The Kier molecular flexibility index (Phi) is 3.59. The van der Waals surface area contributed by atoms with Crippen molar-refractivity contribution in [1.29, 1.82) is 0 Å². The van der Waals surface area contributed by atoms with Crippen molar-refractivity contribution in [3.05, 3.63) is 36.9 Å². The van der Waals surface area contributed by atoms with Crippen LogP contribution < -0.4 is 0 Å². The summed E-state index contributed by atoms with van der Waals surface area (Å²) in [5.41, 5.74) is 0.750. The minimum Gasteiger partial charge on any atom is -0.225 e. The molecule has 0 saturated heterocycles. The largest absolute Gasteiger partial charge is 0.225 e. The van der Waals surface area contributed by atoms with Gasteiger partial charge in [-0.05, 0) is 25.0 Å². The number of benzene rings is 1. The predicted octanol–water partition coefficient (Wildman–Crippen LogP) is 3.04. The van der Waals surface area contributed by atoms with Crippen LogP contribution in [0, 0.1) is 0 Å². The third-order valence-electron chi connectivity index (χ3n) is 2.36. The number of hydrogen-bond acceptors (Lipinski definition) is 4. The Balaban J connectivity index is 2.29. The number of para-hydroxylation sites is 1. The molecular formula is C12H13NO2S2. The zero-order chi connectivity index (χ0) is 12.3. The first-order valence-corrected chi connectivity index (χ1v) is 7.79. The van der Waals surface area contributed by atoms with Gasteiger partial charge in [0.05, 0.1) is 16.0 Å². The molecule has 0 saturated carbocycles. The van der Waals surface area contributed by atoms with Gasteiger partial charge in [0.15, 0.2) is 0 Å². The lowest BCUT2D eigenvalue weighted by Crippen LogP contribution is -2.05. The van der Waals surface area contributed by atoms with E-state index in [0.29, 0.717) is 12.8 Å². The Morgan fingerprint density at radius 2 is 2.12 bits per heavy atom. The first kappa shape index (κ1) is 12.3. The second-order valence-corrected chi connectivity index (χ2v) is 7.01. The van der Waals surface area contributed by atoms with Gasteiger partial charge in [-0.2, -0.15) is 0 Å². The summed E-state index contributed by atoms with van der Waals surface area (Å²) in [6.45, 7) is 3.58. The van der Waals surface area contributed by atoms with Crippen LogP contribution in [0.4, 0.5) is 0 Å². The molecule has 0 amide bonds. The second-order valence-electron chi connectivity index (χ2n) is 3.70. The molecule has 0 fully saturated rings. The van der Waals surface area contributed by atoms with E-state index in [4.69, 9.17) is 0 Å². The summed E-state index contributed by atoms with van der Waals surface area (Å²) in [7, 11) is -3.23. The molecular weight excluding hydrogens is 254 g/mol. The molecule has 90 valence electrons. The van der Waals surface area contributed by atoms with Crippen LogP contribution in [0.15, 0.2) is 41.3 Å². The van der Waals surface area contributed by atoms with Gasteiger partial charge < -0.3 is 0 Å². The molecule has 0 aliphatic heterocycles. The first-order chi connectivity index (χ1) is 8.13. The number of nitrogens with zero attached hydrogens (tertiary/aromatic N) is 1. The summed E-state index contributed by atoms with van der Waals surface area (Å²) >= 11 is 1.24. The van der Waals surface area contributed by atoms with Gasteiger partial charge in [-0.15, -0.1) is 17.9 Å².